The van der Waals surface area contributed by atoms with Gasteiger partial charge in [-0.05, 0) is 25.7 Å². The summed E-state index contributed by atoms with van der Waals surface area (Å²) in [7, 11) is 0. The van der Waals surface area contributed by atoms with Crippen LogP contribution in [0.4, 0.5) is 0 Å². The van der Waals surface area contributed by atoms with Gasteiger partial charge in [0.15, 0.2) is 0 Å². The molecule has 0 aliphatic heterocycles. The van der Waals surface area contributed by atoms with Gasteiger partial charge in [0.25, 0.3) is 0 Å². The van der Waals surface area contributed by atoms with E-state index in [1.807, 2.05) is 0 Å². The van der Waals surface area contributed by atoms with Crippen molar-refractivity contribution in [3.05, 3.63) is 12.2 Å². The van der Waals surface area contributed by atoms with Crippen molar-refractivity contribution in [2.45, 2.75) is 32.1 Å². The predicted molar refractivity (Wildman–Crippen MR) is 32.2 cm³/mol. The van der Waals surface area contributed by atoms with Gasteiger partial charge in [0, 0.05) is 0 Å². The van der Waals surface area contributed by atoms with Crippen LogP contribution in [0, 0.1) is 0 Å². The van der Waals surface area contributed by atoms with Crippen LogP contribution in [0.5, 0.6) is 0 Å². The van der Waals surface area contributed by atoms with Crippen molar-refractivity contribution in [1.29, 1.82) is 0 Å². The van der Waals surface area contributed by atoms with Gasteiger partial charge in [-0.2, -0.15) is 0 Å². The summed E-state index contributed by atoms with van der Waals surface area (Å²) in [5.74, 6) is 0. The molecule has 0 unspecified atom stereocenters. The molecular formula is C7H12ClHg. The number of hydrogen-bond donors (Lipinski definition) is 0. The second-order valence-electron chi connectivity index (χ2n) is 2.31. The minimum Gasteiger partial charge on any atom is -1.00 e. The van der Waals surface area contributed by atoms with Crippen LogP contribution in [0.25, 0.3) is 0 Å². The van der Waals surface area contributed by atoms with Gasteiger partial charge in [-0.25, -0.2) is 0 Å². The third-order valence-electron chi connectivity index (χ3n) is 1.56. The first-order chi connectivity index (χ1) is 3.39. The van der Waals surface area contributed by atoms with Crippen molar-refractivity contribution in [3.8, 4) is 0 Å². The SMILES string of the molecule is C=C1CCCCC1.[Cl-].[Hg+]. The number of rotatable bonds is 0. The van der Waals surface area contributed by atoms with Crippen LogP contribution in [0.1, 0.15) is 32.1 Å². The second-order valence-corrected chi connectivity index (χ2v) is 2.31. The molecule has 0 amide bonds. The molecule has 0 atom stereocenters. The molecule has 1 aliphatic rings. The molecule has 0 aromatic rings. The fraction of sp³-hybridized carbons (Fsp3) is 0.714. The summed E-state index contributed by atoms with van der Waals surface area (Å²) in [6, 6.07) is 0. The first-order valence-corrected chi connectivity index (χ1v) is 3.06. The van der Waals surface area contributed by atoms with Crippen LogP contribution in [0.2, 0.25) is 0 Å². The molecule has 0 N–H and O–H groups in total. The standard InChI is InChI=1S/C7H12.ClH.Hg/c1-7-5-3-2-4-6-7;;/h1-6H2;1H;/q;;+1/p-1. The molecule has 0 aromatic heterocycles. The maximum atomic E-state index is 3.91. The van der Waals surface area contributed by atoms with E-state index in [9.17, 15) is 0 Å². The molecule has 0 spiro atoms. The van der Waals surface area contributed by atoms with Crippen LogP contribution < -0.4 is 12.4 Å². The van der Waals surface area contributed by atoms with Crippen LogP contribution >= 0.6 is 0 Å². The third-order valence-corrected chi connectivity index (χ3v) is 1.56. The largest absolute Gasteiger partial charge is 1.00 e. The molecule has 0 nitrogen and oxygen atoms in total. The van der Waals surface area contributed by atoms with E-state index in [4.69, 9.17) is 0 Å². The molecule has 0 saturated heterocycles. The molecular weight excluding hydrogens is 320 g/mol. The summed E-state index contributed by atoms with van der Waals surface area (Å²) >= 11 is 0. The van der Waals surface area contributed by atoms with Gasteiger partial charge < -0.3 is 12.4 Å². The van der Waals surface area contributed by atoms with E-state index < -0.39 is 0 Å². The molecule has 0 bridgehead atoms. The minimum atomic E-state index is 0. The molecule has 49 valence electrons. The minimum absolute atomic E-state index is 0. The summed E-state index contributed by atoms with van der Waals surface area (Å²) in [6.45, 7) is 3.91. The first-order valence-electron chi connectivity index (χ1n) is 3.06. The smallest absolute Gasteiger partial charge is 1.00 e. The van der Waals surface area contributed by atoms with Gasteiger partial charge in [-0.15, -0.1) is 0 Å². The maximum absolute atomic E-state index is 3.91. The number of halogens is 1. The van der Waals surface area contributed by atoms with E-state index in [1.54, 1.807) is 0 Å². The van der Waals surface area contributed by atoms with Gasteiger partial charge in [0.1, 0.15) is 0 Å². The fourth-order valence-corrected chi connectivity index (χ4v) is 1.05. The normalized spacial score (nSPS) is 17.6. The zero-order valence-corrected chi connectivity index (χ0v) is 12.1. The Kier molecular flexibility index (Phi) is 9.93. The molecule has 9 heavy (non-hydrogen) atoms. The van der Waals surface area contributed by atoms with Crippen LogP contribution in [-0.2, 0) is 27.7 Å². The summed E-state index contributed by atoms with van der Waals surface area (Å²) in [6.07, 6.45) is 6.79. The van der Waals surface area contributed by atoms with Gasteiger partial charge in [-0.1, -0.05) is 18.6 Å². The Balaban J connectivity index is 0. The van der Waals surface area contributed by atoms with E-state index in [0.717, 1.165) is 0 Å². The van der Waals surface area contributed by atoms with Crippen molar-refractivity contribution in [2.24, 2.45) is 0 Å². The second kappa shape index (κ2) is 7.08. The van der Waals surface area contributed by atoms with E-state index in [-0.39, 0.29) is 40.1 Å². The van der Waals surface area contributed by atoms with Gasteiger partial charge in [-0.3, -0.25) is 0 Å². The summed E-state index contributed by atoms with van der Waals surface area (Å²) < 4.78 is 0. The number of hydrogen-bond acceptors (Lipinski definition) is 0. The van der Waals surface area contributed by atoms with Gasteiger partial charge in [0.05, 0.1) is 0 Å². The Morgan fingerprint density at radius 3 is 1.67 bits per heavy atom. The Morgan fingerprint density at radius 2 is 1.44 bits per heavy atom. The molecule has 1 radical (unpaired) electrons. The van der Waals surface area contributed by atoms with Crippen molar-refractivity contribution in [2.75, 3.05) is 0 Å². The third kappa shape index (κ3) is 5.41. The van der Waals surface area contributed by atoms with Crippen LogP contribution in [0.15, 0.2) is 12.2 Å². The summed E-state index contributed by atoms with van der Waals surface area (Å²) in [5, 5.41) is 0. The average Bonchev–Trinajstić information content (AvgIpc) is 1.69. The van der Waals surface area contributed by atoms with Crippen molar-refractivity contribution >= 4 is 0 Å². The van der Waals surface area contributed by atoms with Crippen molar-refractivity contribution < 1.29 is 40.1 Å². The van der Waals surface area contributed by atoms with Crippen molar-refractivity contribution in [3.63, 3.8) is 0 Å². The van der Waals surface area contributed by atoms with Gasteiger partial charge >= 0.3 is 27.7 Å². The zero-order chi connectivity index (χ0) is 5.11. The predicted octanol–water partition coefficient (Wildman–Crippen LogP) is -0.492. The monoisotopic (exact) mass is 333 g/mol. The summed E-state index contributed by atoms with van der Waals surface area (Å²) in [4.78, 5) is 0. The molecule has 1 rings (SSSR count). The Hall–Kier alpha value is 0.965. The van der Waals surface area contributed by atoms with E-state index in [1.165, 1.54) is 37.7 Å². The Labute approximate surface area is 84.0 Å². The molecule has 0 aromatic carbocycles. The van der Waals surface area contributed by atoms with Crippen LogP contribution in [-0.4, -0.2) is 0 Å². The average molecular weight is 332 g/mol. The van der Waals surface area contributed by atoms with E-state index in [0.29, 0.717) is 0 Å². The molecule has 1 fully saturated rings. The van der Waals surface area contributed by atoms with Crippen molar-refractivity contribution in [1.82, 2.24) is 0 Å². The van der Waals surface area contributed by atoms with Crippen LogP contribution in [0.3, 0.4) is 0 Å². The fourth-order valence-electron chi connectivity index (χ4n) is 1.05. The topological polar surface area (TPSA) is 0 Å². The maximum Gasteiger partial charge on any atom is 1.00 e. The van der Waals surface area contributed by atoms with E-state index in [2.05, 4.69) is 6.58 Å². The molecule has 1 aliphatic carbocycles. The Bertz CT molecular complexity index is 73.0. The van der Waals surface area contributed by atoms with E-state index >= 15 is 0 Å². The Morgan fingerprint density at radius 1 is 1.00 bits per heavy atom. The summed E-state index contributed by atoms with van der Waals surface area (Å²) in [5.41, 5.74) is 1.46. The molecule has 2 heteroatoms. The van der Waals surface area contributed by atoms with Gasteiger partial charge in [0.2, 0.25) is 0 Å². The molecule has 1 saturated carbocycles. The number of allylic oxidation sites excluding steroid dienone is 1. The first kappa shape index (κ1) is 12.6. The quantitative estimate of drug-likeness (QED) is 0.415. The molecule has 0 heterocycles. The zero-order valence-electron chi connectivity index (χ0n) is 5.83.